The third kappa shape index (κ3) is 5.60. The van der Waals surface area contributed by atoms with Gasteiger partial charge >= 0.3 is 0 Å². The highest BCUT2D eigenvalue weighted by Gasteiger charge is 2.66. The van der Waals surface area contributed by atoms with E-state index in [1.165, 1.54) is 0 Å². The molecule has 4 aliphatic heterocycles. The zero-order valence-electron chi connectivity index (χ0n) is 29.9. The fourth-order valence-corrected chi connectivity index (χ4v) is 11.9. The number of ether oxygens (including phenoxy) is 1. The van der Waals surface area contributed by atoms with Gasteiger partial charge in [0.1, 0.15) is 0 Å². The van der Waals surface area contributed by atoms with Gasteiger partial charge in [-0.15, -0.1) is 0 Å². The van der Waals surface area contributed by atoms with Gasteiger partial charge in [0.05, 0.1) is 43.1 Å². The van der Waals surface area contributed by atoms with Gasteiger partial charge in [-0.05, 0) is 72.5 Å². The van der Waals surface area contributed by atoms with Gasteiger partial charge in [-0.2, -0.15) is 0 Å². The number of aliphatic hydroxyl groups is 1. The summed E-state index contributed by atoms with van der Waals surface area (Å²) in [5.41, 5.74) is 5.05. The number of carbonyl (C=O) groups excluding carboxylic acids is 3. The van der Waals surface area contributed by atoms with Gasteiger partial charge < -0.3 is 24.4 Å². The molecule has 268 valence electrons. The van der Waals surface area contributed by atoms with Crippen LogP contribution < -0.4 is 9.80 Å². The molecule has 0 aromatic heterocycles. The second-order valence-corrected chi connectivity index (χ2v) is 19.3. The van der Waals surface area contributed by atoms with Crippen LogP contribution in [0.1, 0.15) is 47.6 Å². The molecule has 10 heteroatoms. The highest BCUT2D eigenvalue weighted by Crippen LogP contribution is 2.60. The molecule has 8 rings (SSSR count). The summed E-state index contributed by atoms with van der Waals surface area (Å²) in [6.45, 7) is 6.19. The van der Waals surface area contributed by atoms with Crippen molar-refractivity contribution in [1.29, 1.82) is 0 Å². The molecular formula is C42H45N3O6Si. The van der Waals surface area contributed by atoms with Gasteiger partial charge in [-0.3, -0.25) is 19.3 Å². The summed E-state index contributed by atoms with van der Waals surface area (Å²) in [4.78, 5) is 60.1. The number of aliphatic hydroxyl groups excluding tert-OH is 1. The molecule has 9 nitrogen and oxygen atoms in total. The number of benzene rings is 4. The predicted molar refractivity (Wildman–Crippen MR) is 201 cm³/mol. The van der Waals surface area contributed by atoms with E-state index < -0.39 is 31.5 Å². The van der Waals surface area contributed by atoms with Crippen molar-refractivity contribution in [2.75, 3.05) is 16.4 Å². The number of hydrogen-bond donors (Lipinski definition) is 2. The van der Waals surface area contributed by atoms with Crippen LogP contribution in [-0.2, 0) is 50.7 Å². The van der Waals surface area contributed by atoms with E-state index in [9.17, 15) is 19.5 Å². The Morgan fingerprint density at radius 1 is 0.885 bits per heavy atom. The monoisotopic (exact) mass is 715 g/mol. The van der Waals surface area contributed by atoms with E-state index in [2.05, 4.69) is 0 Å². The molecule has 5 atom stereocenters. The zero-order valence-corrected chi connectivity index (χ0v) is 30.9. The number of rotatable bonds is 7. The van der Waals surface area contributed by atoms with Gasteiger partial charge in [0.25, 0.3) is 5.91 Å². The highest BCUT2D eigenvalue weighted by atomic mass is 28.4. The molecule has 0 aliphatic carbocycles. The molecule has 0 bridgehead atoms. The van der Waals surface area contributed by atoms with Crippen molar-refractivity contribution < 1.29 is 29.0 Å². The molecule has 2 N–H and O–H groups in total. The van der Waals surface area contributed by atoms with Crippen LogP contribution >= 0.6 is 0 Å². The fourth-order valence-electron chi connectivity index (χ4n) is 9.37. The molecule has 0 radical (unpaired) electrons. The second kappa shape index (κ2) is 13.1. The first-order valence-electron chi connectivity index (χ1n) is 18.3. The van der Waals surface area contributed by atoms with Crippen molar-refractivity contribution in [3.05, 3.63) is 125 Å². The van der Waals surface area contributed by atoms with E-state index in [1.54, 1.807) is 14.7 Å². The van der Waals surface area contributed by atoms with Gasteiger partial charge in [0.15, 0.2) is 13.9 Å². The number of fused-ring (bicyclic) bond motifs is 4. The molecule has 1 saturated heterocycles. The van der Waals surface area contributed by atoms with Crippen molar-refractivity contribution in [3.8, 4) is 0 Å². The second-order valence-electron chi connectivity index (χ2n) is 15.3. The molecule has 1 fully saturated rings. The molecule has 1 spiro atoms. The van der Waals surface area contributed by atoms with Crippen LogP contribution in [-0.4, -0.2) is 59.6 Å². The zero-order chi connectivity index (χ0) is 36.4. The topological polar surface area (TPSA) is 111 Å². The first-order chi connectivity index (χ1) is 25.0. The van der Waals surface area contributed by atoms with Gasteiger partial charge in [-0.1, -0.05) is 79.7 Å². The molecule has 4 aliphatic rings. The summed E-state index contributed by atoms with van der Waals surface area (Å²) in [5.74, 6) is -0.925. The maximum Gasteiger partial charge on any atom is 0.264 e. The van der Waals surface area contributed by atoms with E-state index in [-0.39, 0.29) is 36.8 Å². The number of aryl methyl sites for hydroxylation is 1. The van der Waals surface area contributed by atoms with Crippen LogP contribution in [0, 0.1) is 5.92 Å². The lowest BCUT2D eigenvalue weighted by Gasteiger charge is -2.37. The van der Waals surface area contributed by atoms with E-state index in [1.807, 2.05) is 117 Å². The number of nitrogens with zero attached hydrogens (tertiary/aromatic N) is 3. The number of hydrogen-bond acceptors (Lipinski definition) is 6. The predicted octanol–water partition coefficient (Wildman–Crippen LogP) is 5.98. The lowest BCUT2D eigenvalue weighted by molar-refractivity contribution is -0.151. The van der Waals surface area contributed by atoms with Gasteiger partial charge in [-0.25, -0.2) is 0 Å². The van der Waals surface area contributed by atoms with Crippen LogP contribution in [0.2, 0.25) is 18.6 Å². The van der Waals surface area contributed by atoms with Crippen molar-refractivity contribution in [1.82, 2.24) is 4.90 Å². The summed E-state index contributed by atoms with van der Waals surface area (Å²) in [6.07, 6.45) is 0.801. The third-order valence-electron chi connectivity index (χ3n) is 11.8. The van der Waals surface area contributed by atoms with Crippen LogP contribution in [0.15, 0.2) is 97.1 Å². The number of anilines is 3. The summed E-state index contributed by atoms with van der Waals surface area (Å²) in [7, 11) is -3.07. The highest BCUT2D eigenvalue weighted by molar-refractivity contribution is 6.71. The summed E-state index contributed by atoms with van der Waals surface area (Å²) < 4.78 is 7.08. The standard InChI is InChI=1S/C42H45N3O6Si/c1-27-40(52(2,3)50)37(23-39(48)43-25-31-15-8-7-14-30(31)21-33(43)26-46)51-42(27)34-22-32(45-35-16-10-9-13-29(35)17-20-38(45)47)18-19-36(34)44(41(42)49)24-28-11-5-4-6-12-28/h4-16,18-19,22,27,33,37,40,46,50H,17,20-21,23-26H2,1-3H3/t27-,33-,37+,40-,42+/m0/s1. The van der Waals surface area contributed by atoms with Crippen molar-refractivity contribution in [3.63, 3.8) is 0 Å². The van der Waals surface area contributed by atoms with Gasteiger partial charge in [0.2, 0.25) is 11.8 Å². The molecule has 4 heterocycles. The molecule has 4 aromatic carbocycles. The molecule has 0 unspecified atom stereocenters. The van der Waals surface area contributed by atoms with Crippen LogP contribution in [0.5, 0.6) is 0 Å². The quantitative estimate of drug-likeness (QED) is 0.228. The van der Waals surface area contributed by atoms with Crippen molar-refractivity contribution in [2.24, 2.45) is 5.92 Å². The largest absolute Gasteiger partial charge is 0.432 e. The first kappa shape index (κ1) is 34.5. The van der Waals surface area contributed by atoms with Crippen LogP contribution in [0.4, 0.5) is 17.1 Å². The molecular weight excluding hydrogens is 671 g/mol. The Morgan fingerprint density at radius 3 is 2.31 bits per heavy atom. The van der Waals surface area contributed by atoms with Crippen LogP contribution in [0.25, 0.3) is 0 Å². The lowest BCUT2D eigenvalue weighted by Crippen LogP contribution is -2.48. The Kier molecular flexibility index (Phi) is 8.69. The third-order valence-corrected chi connectivity index (χ3v) is 14.3. The normalized spacial score (nSPS) is 25.4. The number of para-hydroxylation sites is 1. The number of amides is 3. The number of carbonyl (C=O) groups is 3. The Labute approximate surface area is 305 Å². The van der Waals surface area contributed by atoms with Gasteiger partial charge in [0, 0.05) is 35.7 Å². The summed E-state index contributed by atoms with van der Waals surface area (Å²) >= 11 is 0. The summed E-state index contributed by atoms with van der Waals surface area (Å²) in [5, 5.41) is 10.4. The maximum absolute atomic E-state index is 15.1. The van der Waals surface area contributed by atoms with E-state index in [0.717, 1.165) is 27.9 Å². The molecule has 52 heavy (non-hydrogen) atoms. The molecule has 3 amide bonds. The Morgan fingerprint density at radius 2 is 1.58 bits per heavy atom. The summed E-state index contributed by atoms with van der Waals surface area (Å²) in [6, 6.07) is 31.0. The van der Waals surface area contributed by atoms with Crippen molar-refractivity contribution >= 4 is 43.1 Å². The Balaban J connectivity index is 1.21. The minimum absolute atomic E-state index is 0.0228. The average Bonchev–Trinajstić information content (AvgIpc) is 3.56. The van der Waals surface area contributed by atoms with Crippen LogP contribution in [0.3, 0.4) is 0 Å². The average molecular weight is 716 g/mol. The Bertz CT molecular complexity index is 2050. The SMILES string of the molecule is C[C@H]1[C@H]([Si](C)(C)O)[C@@H](CC(=O)N2Cc3ccccc3C[C@H]2CO)O[C@]12C(=O)N(Cc1ccccc1)c1ccc(N3C(=O)CCc4ccccc43)cc12. The minimum Gasteiger partial charge on any atom is -0.432 e. The molecule has 4 aromatic rings. The Hall–Kier alpha value is -4.61. The fraction of sp³-hybridized carbons (Fsp3) is 0.357. The van der Waals surface area contributed by atoms with E-state index in [4.69, 9.17) is 4.74 Å². The smallest absolute Gasteiger partial charge is 0.264 e. The maximum atomic E-state index is 15.1. The lowest BCUT2D eigenvalue weighted by atomic mass is 9.82. The van der Waals surface area contributed by atoms with E-state index >= 15 is 4.79 Å². The van der Waals surface area contributed by atoms with Crippen molar-refractivity contribution in [2.45, 2.75) is 82.1 Å². The first-order valence-corrected chi connectivity index (χ1v) is 21.3. The van der Waals surface area contributed by atoms with E-state index in [0.29, 0.717) is 49.3 Å². The minimum atomic E-state index is -3.07. The molecule has 0 saturated carbocycles.